The fraction of sp³-hybridized carbons (Fsp3) is 0.222. The van der Waals surface area contributed by atoms with Gasteiger partial charge >= 0.3 is 5.84 Å². The first kappa shape index (κ1) is 10.4. The third-order valence-corrected chi connectivity index (χ3v) is 2.31. The van der Waals surface area contributed by atoms with Crippen LogP contribution in [-0.2, 0) is 5.21 Å². The lowest BCUT2D eigenvalue weighted by Crippen LogP contribution is -2.24. The number of hydrogen-bond acceptors (Lipinski definition) is 4. The van der Waals surface area contributed by atoms with Crippen molar-refractivity contribution in [3.05, 3.63) is 45.2 Å². The summed E-state index contributed by atoms with van der Waals surface area (Å²) >= 11 is 0. The molecule has 0 amide bonds. The molecule has 1 aromatic rings. The van der Waals surface area contributed by atoms with Crippen LogP contribution in [0.3, 0.4) is 0 Å². The average molecular weight is 222 g/mol. The second kappa shape index (κ2) is 3.78. The van der Waals surface area contributed by atoms with Crippen molar-refractivity contribution in [2.45, 2.75) is 0 Å². The molecule has 0 aromatic heterocycles. The lowest BCUT2D eigenvalue weighted by molar-refractivity contribution is -0.445. The van der Waals surface area contributed by atoms with Crippen LogP contribution in [0.5, 0.6) is 0 Å². The summed E-state index contributed by atoms with van der Waals surface area (Å²) in [6.07, 6.45) is 0. The lowest BCUT2D eigenvalue weighted by Gasteiger charge is -2.05. The SMILES string of the molecule is [O]N1CC[N+]([O-])=C1c1ccc([N+](=O)[O-])cc1. The van der Waals surface area contributed by atoms with E-state index in [1.165, 1.54) is 24.3 Å². The number of hydroxylamine groups is 3. The zero-order valence-electron chi connectivity index (χ0n) is 8.20. The van der Waals surface area contributed by atoms with Gasteiger partial charge in [0.1, 0.15) is 6.54 Å². The molecule has 0 fully saturated rings. The minimum absolute atomic E-state index is 0.00916. The van der Waals surface area contributed by atoms with E-state index in [1.54, 1.807) is 0 Å². The number of nitro groups is 1. The molecule has 0 atom stereocenters. The van der Waals surface area contributed by atoms with Gasteiger partial charge in [-0.1, -0.05) is 5.06 Å². The summed E-state index contributed by atoms with van der Waals surface area (Å²) in [6.45, 7) is 0.242. The summed E-state index contributed by atoms with van der Waals surface area (Å²) < 4.78 is 0.591. The van der Waals surface area contributed by atoms with E-state index >= 15 is 0 Å². The molecule has 83 valence electrons. The molecule has 0 spiro atoms. The molecule has 16 heavy (non-hydrogen) atoms. The molecule has 0 saturated heterocycles. The third-order valence-electron chi connectivity index (χ3n) is 2.31. The van der Waals surface area contributed by atoms with Crippen LogP contribution in [-0.4, -0.2) is 33.7 Å². The number of hydrogen-bond donors (Lipinski definition) is 0. The van der Waals surface area contributed by atoms with Crippen molar-refractivity contribution in [2.24, 2.45) is 0 Å². The number of amidine groups is 1. The number of rotatable bonds is 2. The van der Waals surface area contributed by atoms with Gasteiger partial charge in [-0.25, -0.2) is 0 Å². The minimum Gasteiger partial charge on any atom is -0.715 e. The van der Waals surface area contributed by atoms with E-state index in [9.17, 15) is 20.5 Å². The highest BCUT2D eigenvalue weighted by Gasteiger charge is 2.29. The van der Waals surface area contributed by atoms with Gasteiger partial charge < -0.3 is 5.21 Å². The Bertz CT molecular complexity index is 454. The van der Waals surface area contributed by atoms with Crippen molar-refractivity contribution >= 4 is 11.5 Å². The van der Waals surface area contributed by atoms with Gasteiger partial charge in [0.2, 0.25) is 0 Å². The van der Waals surface area contributed by atoms with Crippen molar-refractivity contribution in [1.29, 1.82) is 0 Å². The standard InChI is InChI=1S/C9H8N3O4/c13-10-5-6-11(14)9(10)7-1-3-8(4-2-7)12(15)16/h1-4H,5-6H2. The fourth-order valence-electron chi connectivity index (χ4n) is 1.54. The highest BCUT2D eigenvalue weighted by molar-refractivity contribution is 5.95. The molecule has 2 rings (SSSR count). The van der Waals surface area contributed by atoms with Crippen LogP contribution >= 0.6 is 0 Å². The van der Waals surface area contributed by atoms with Crippen molar-refractivity contribution in [1.82, 2.24) is 5.06 Å². The quantitative estimate of drug-likeness (QED) is 0.315. The maximum atomic E-state index is 11.3. The average Bonchev–Trinajstić information content (AvgIpc) is 2.59. The maximum Gasteiger partial charge on any atom is 0.315 e. The van der Waals surface area contributed by atoms with Gasteiger partial charge in [0.25, 0.3) is 5.69 Å². The van der Waals surface area contributed by atoms with Crippen LogP contribution in [0.1, 0.15) is 5.56 Å². The van der Waals surface area contributed by atoms with Gasteiger partial charge in [0.15, 0.2) is 6.54 Å². The number of nitro benzene ring substituents is 1. The predicted molar refractivity (Wildman–Crippen MR) is 53.1 cm³/mol. The van der Waals surface area contributed by atoms with E-state index in [-0.39, 0.29) is 24.6 Å². The zero-order valence-corrected chi connectivity index (χ0v) is 8.20. The Morgan fingerprint density at radius 2 is 1.94 bits per heavy atom. The van der Waals surface area contributed by atoms with Crippen molar-refractivity contribution in [3.63, 3.8) is 0 Å². The van der Waals surface area contributed by atoms with Crippen LogP contribution in [0.25, 0.3) is 0 Å². The molecule has 1 aliphatic rings. The van der Waals surface area contributed by atoms with E-state index in [0.717, 1.165) is 0 Å². The summed E-state index contributed by atoms with van der Waals surface area (Å²) in [6, 6.07) is 5.33. The lowest BCUT2D eigenvalue weighted by atomic mass is 10.2. The summed E-state index contributed by atoms with van der Waals surface area (Å²) in [7, 11) is 0. The molecule has 7 nitrogen and oxygen atoms in total. The monoisotopic (exact) mass is 222 g/mol. The molecule has 0 N–H and O–H groups in total. The highest BCUT2D eigenvalue weighted by Crippen LogP contribution is 2.15. The Morgan fingerprint density at radius 3 is 2.38 bits per heavy atom. The van der Waals surface area contributed by atoms with Gasteiger partial charge in [-0.05, 0) is 12.1 Å². The van der Waals surface area contributed by atoms with Crippen LogP contribution < -0.4 is 0 Å². The normalized spacial score (nSPS) is 15.7. The summed E-state index contributed by atoms with van der Waals surface area (Å²) in [5.41, 5.74) is 0.324. The number of benzene rings is 1. The van der Waals surface area contributed by atoms with Gasteiger partial charge in [-0.2, -0.15) is 0 Å². The number of nitrogens with zero attached hydrogens (tertiary/aromatic N) is 3. The van der Waals surface area contributed by atoms with Crippen LogP contribution in [0.4, 0.5) is 5.69 Å². The second-order valence-electron chi connectivity index (χ2n) is 3.33. The molecule has 0 unspecified atom stereocenters. The topological polar surface area (TPSA) is 92.3 Å². The maximum absolute atomic E-state index is 11.3. The molecule has 7 heteroatoms. The Kier molecular flexibility index (Phi) is 2.45. The van der Waals surface area contributed by atoms with Crippen molar-refractivity contribution < 1.29 is 14.9 Å². The van der Waals surface area contributed by atoms with Gasteiger partial charge in [0, 0.05) is 17.3 Å². The molecule has 1 aliphatic heterocycles. The van der Waals surface area contributed by atoms with E-state index < -0.39 is 4.92 Å². The summed E-state index contributed by atoms with van der Waals surface area (Å²) in [4.78, 5) is 9.88. The van der Waals surface area contributed by atoms with Crippen LogP contribution in [0.2, 0.25) is 0 Å². The van der Waals surface area contributed by atoms with Crippen molar-refractivity contribution in [2.75, 3.05) is 13.1 Å². The predicted octanol–water partition coefficient (Wildman–Crippen LogP) is 0.513. The van der Waals surface area contributed by atoms with Crippen LogP contribution in [0.15, 0.2) is 24.3 Å². The largest absolute Gasteiger partial charge is 0.715 e. The minimum atomic E-state index is -0.535. The smallest absolute Gasteiger partial charge is 0.315 e. The first-order valence-electron chi connectivity index (χ1n) is 4.60. The fourth-order valence-corrected chi connectivity index (χ4v) is 1.54. The van der Waals surface area contributed by atoms with E-state index in [0.29, 0.717) is 15.4 Å². The molecule has 0 aliphatic carbocycles. The zero-order chi connectivity index (χ0) is 11.7. The third kappa shape index (κ3) is 1.68. The van der Waals surface area contributed by atoms with Crippen molar-refractivity contribution in [3.8, 4) is 0 Å². The Hall–Kier alpha value is -2.15. The summed E-state index contributed by atoms with van der Waals surface area (Å²) in [5.74, 6) is 0.00916. The van der Waals surface area contributed by atoms with E-state index in [1.807, 2.05) is 0 Å². The Balaban J connectivity index is 2.35. The Morgan fingerprint density at radius 1 is 1.31 bits per heavy atom. The molecular weight excluding hydrogens is 214 g/mol. The van der Waals surface area contributed by atoms with Gasteiger partial charge in [0.05, 0.1) is 10.5 Å². The van der Waals surface area contributed by atoms with Crippen LogP contribution in [0, 0.1) is 15.3 Å². The van der Waals surface area contributed by atoms with Gasteiger partial charge in [-0.3, -0.25) is 14.9 Å². The first-order chi connectivity index (χ1) is 7.59. The molecule has 0 bridgehead atoms. The molecular formula is C9H8N3O4. The molecule has 1 heterocycles. The molecule has 0 saturated carbocycles. The van der Waals surface area contributed by atoms with E-state index in [4.69, 9.17) is 0 Å². The van der Waals surface area contributed by atoms with Gasteiger partial charge in [-0.15, -0.1) is 0 Å². The molecule has 1 radical (unpaired) electrons. The molecule has 1 aromatic carbocycles. The first-order valence-corrected chi connectivity index (χ1v) is 4.60. The Labute approximate surface area is 90.5 Å². The summed E-state index contributed by atoms with van der Waals surface area (Å²) in [5, 5.41) is 33.6. The second-order valence-corrected chi connectivity index (χ2v) is 3.33. The van der Waals surface area contributed by atoms with E-state index in [2.05, 4.69) is 0 Å². The highest BCUT2D eigenvalue weighted by atomic mass is 16.6. The number of non-ortho nitro benzene ring substituents is 1.